The molecular weight excluding hydrogens is 360 g/mol. The lowest BCUT2D eigenvalue weighted by Crippen LogP contribution is -2.22. The van der Waals surface area contributed by atoms with Crippen LogP contribution in [-0.2, 0) is 16.6 Å². The first-order valence-corrected chi connectivity index (χ1v) is 9.94. The molecule has 0 bridgehead atoms. The number of hydrogen-bond acceptors (Lipinski definition) is 3. The van der Waals surface area contributed by atoms with Gasteiger partial charge in [-0.05, 0) is 48.9 Å². The van der Waals surface area contributed by atoms with E-state index in [1.807, 2.05) is 49.4 Å². The van der Waals surface area contributed by atoms with E-state index in [2.05, 4.69) is 10.0 Å². The molecule has 0 unspecified atom stereocenters. The van der Waals surface area contributed by atoms with Crippen molar-refractivity contribution in [3.8, 4) is 0 Å². The first-order valence-electron chi connectivity index (χ1n) is 8.46. The van der Waals surface area contributed by atoms with Gasteiger partial charge in [0.2, 0.25) is 0 Å². The van der Waals surface area contributed by atoms with Crippen molar-refractivity contribution < 1.29 is 13.2 Å². The average molecular weight is 380 g/mol. The first-order chi connectivity index (χ1) is 12.9. The lowest BCUT2D eigenvalue weighted by Gasteiger charge is -2.09. The van der Waals surface area contributed by atoms with Crippen molar-refractivity contribution in [3.63, 3.8) is 0 Å². The zero-order valence-electron chi connectivity index (χ0n) is 14.8. The Morgan fingerprint density at radius 1 is 0.852 bits per heavy atom. The molecule has 2 N–H and O–H groups in total. The average Bonchev–Trinajstić information content (AvgIpc) is 2.69. The second-order valence-corrected chi connectivity index (χ2v) is 7.85. The van der Waals surface area contributed by atoms with Crippen molar-refractivity contribution in [3.05, 3.63) is 95.6 Å². The van der Waals surface area contributed by atoms with Crippen LogP contribution in [-0.4, -0.2) is 14.3 Å². The summed E-state index contributed by atoms with van der Waals surface area (Å²) in [5, 5.41) is 2.81. The van der Waals surface area contributed by atoms with E-state index >= 15 is 0 Å². The molecule has 3 rings (SSSR count). The Labute approximate surface area is 159 Å². The number of nitrogens with one attached hydrogen (secondary N) is 2. The highest BCUT2D eigenvalue weighted by Crippen LogP contribution is 2.17. The number of aryl methyl sites for hydroxylation is 1. The Kier molecular flexibility index (Phi) is 5.57. The minimum absolute atomic E-state index is 0.0997. The van der Waals surface area contributed by atoms with Crippen molar-refractivity contribution in [2.45, 2.75) is 18.4 Å². The van der Waals surface area contributed by atoms with Crippen LogP contribution in [0.25, 0.3) is 0 Å². The third kappa shape index (κ3) is 4.95. The lowest BCUT2D eigenvalue weighted by atomic mass is 10.2. The number of rotatable bonds is 6. The van der Waals surface area contributed by atoms with E-state index in [4.69, 9.17) is 0 Å². The molecule has 0 aliphatic heterocycles. The molecule has 0 radical (unpaired) electrons. The monoisotopic (exact) mass is 380 g/mol. The standard InChI is InChI=1S/C21H20N2O3S/c1-16-7-11-19(12-8-16)23-27(25,26)20-13-9-18(10-14-20)21(24)22-15-17-5-3-2-4-6-17/h2-14,23H,15H2,1H3,(H,22,24). The quantitative estimate of drug-likeness (QED) is 0.684. The molecule has 0 fully saturated rings. The van der Waals surface area contributed by atoms with E-state index in [-0.39, 0.29) is 10.8 Å². The molecule has 1 amide bonds. The number of sulfonamides is 1. The molecule has 27 heavy (non-hydrogen) atoms. The van der Waals surface area contributed by atoms with Gasteiger partial charge < -0.3 is 5.32 Å². The molecule has 0 aliphatic rings. The molecule has 3 aromatic carbocycles. The molecule has 3 aromatic rings. The smallest absolute Gasteiger partial charge is 0.261 e. The van der Waals surface area contributed by atoms with Crippen molar-refractivity contribution in [1.82, 2.24) is 5.32 Å². The number of benzene rings is 3. The van der Waals surface area contributed by atoms with E-state index in [1.165, 1.54) is 24.3 Å². The zero-order valence-corrected chi connectivity index (χ0v) is 15.7. The van der Waals surface area contributed by atoms with Crippen LogP contribution in [0.15, 0.2) is 83.8 Å². The van der Waals surface area contributed by atoms with Gasteiger partial charge in [0.25, 0.3) is 15.9 Å². The molecular formula is C21H20N2O3S. The summed E-state index contributed by atoms with van der Waals surface area (Å²) in [6.45, 7) is 2.34. The van der Waals surface area contributed by atoms with Gasteiger partial charge in [0.15, 0.2) is 0 Å². The summed E-state index contributed by atoms with van der Waals surface area (Å²) in [5.74, 6) is -0.255. The van der Waals surface area contributed by atoms with Gasteiger partial charge in [-0.15, -0.1) is 0 Å². The highest BCUT2D eigenvalue weighted by atomic mass is 32.2. The topological polar surface area (TPSA) is 75.3 Å². The zero-order chi connectivity index (χ0) is 19.3. The number of carbonyl (C=O) groups excluding carboxylic acids is 1. The van der Waals surface area contributed by atoms with Crippen molar-refractivity contribution >= 4 is 21.6 Å². The summed E-state index contributed by atoms with van der Waals surface area (Å²) < 4.78 is 27.5. The summed E-state index contributed by atoms with van der Waals surface area (Å²) in [4.78, 5) is 12.3. The van der Waals surface area contributed by atoms with Crippen LogP contribution < -0.4 is 10.0 Å². The Morgan fingerprint density at radius 3 is 2.11 bits per heavy atom. The summed E-state index contributed by atoms with van der Waals surface area (Å²) in [6, 6.07) is 22.5. The fourth-order valence-electron chi connectivity index (χ4n) is 2.50. The minimum Gasteiger partial charge on any atom is -0.348 e. The summed E-state index contributed by atoms with van der Waals surface area (Å²) in [6.07, 6.45) is 0. The molecule has 0 saturated heterocycles. The molecule has 0 spiro atoms. The number of anilines is 1. The Morgan fingerprint density at radius 2 is 1.48 bits per heavy atom. The lowest BCUT2D eigenvalue weighted by molar-refractivity contribution is 0.0951. The fourth-order valence-corrected chi connectivity index (χ4v) is 3.56. The van der Waals surface area contributed by atoms with E-state index in [9.17, 15) is 13.2 Å². The van der Waals surface area contributed by atoms with Crippen LogP contribution in [0.5, 0.6) is 0 Å². The van der Waals surface area contributed by atoms with Gasteiger partial charge >= 0.3 is 0 Å². The second kappa shape index (κ2) is 8.05. The summed E-state index contributed by atoms with van der Waals surface area (Å²) >= 11 is 0. The highest BCUT2D eigenvalue weighted by Gasteiger charge is 2.15. The Hall–Kier alpha value is -3.12. The van der Waals surface area contributed by atoms with Crippen molar-refractivity contribution in [2.75, 3.05) is 4.72 Å². The molecule has 0 atom stereocenters. The maximum absolute atomic E-state index is 12.5. The molecule has 0 aromatic heterocycles. The van der Waals surface area contributed by atoms with Crippen molar-refractivity contribution in [1.29, 1.82) is 0 Å². The molecule has 6 heteroatoms. The van der Waals surface area contributed by atoms with Crippen LogP contribution in [0.3, 0.4) is 0 Å². The van der Waals surface area contributed by atoms with Gasteiger partial charge in [-0.25, -0.2) is 8.42 Å². The van der Waals surface area contributed by atoms with E-state index in [0.29, 0.717) is 17.8 Å². The molecule has 0 heterocycles. The third-order valence-corrected chi connectivity index (χ3v) is 5.42. The molecule has 138 valence electrons. The van der Waals surface area contributed by atoms with Gasteiger partial charge in [0.1, 0.15) is 0 Å². The maximum atomic E-state index is 12.5. The molecule has 0 saturated carbocycles. The van der Waals surface area contributed by atoms with Crippen LogP contribution in [0, 0.1) is 6.92 Å². The van der Waals surface area contributed by atoms with Crippen LogP contribution >= 0.6 is 0 Å². The van der Waals surface area contributed by atoms with Crippen LogP contribution in [0.2, 0.25) is 0 Å². The number of hydrogen-bond donors (Lipinski definition) is 2. The van der Waals surface area contributed by atoms with Crippen LogP contribution in [0.4, 0.5) is 5.69 Å². The van der Waals surface area contributed by atoms with Crippen molar-refractivity contribution in [2.24, 2.45) is 0 Å². The summed E-state index contributed by atoms with van der Waals surface area (Å²) in [5.41, 5.74) is 2.93. The largest absolute Gasteiger partial charge is 0.348 e. The van der Waals surface area contributed by atoms with E-state index in [1.54, 1.807) is 12.1 Å². The SMILES string of the molecule is Cc1ccc(NS(=O)(=O)c2ccc(C(=O)NCc3ccccc3)cc2)cc1. The predicted molar refractivity (Wildman–Crippen MR) is 106 cm³/mol. The van der Waals surface area contributed by atoms with Gasteiger partial charge in [-0.2, -0.15) is 0 Å². The van der Waals surface area contributed by atoms with Gasteiger partial charge in [0, 0.05) is 17.8 Å². The molecule has 5 nitrogen and oxygen atoms in total. The normalized spacial score (nSPS) is 11.0. The number of amides is 1. The third-order valence-electron chi connectivity index (χ3n) is 4.03. The van der Waals surface area contributed by atoms with E-state index in [0.717, 1.165) is 11.1 Å². The highest BCUT2D eigenvalue weighted by molar-refractivity contribution is 7.92. The minimum atomic E-state index is -3.71. The molecule has 0 aliphatic carbocycles. The Bertz CT molecular complexity index is 1010. The van der Waals surface area contributed by atoms with Gasteiger partial charge in [0.05, 0.1) is 4.90 Å². The first kappa shape index (κ1) is 18.7. The predicted octanol–water partition coefficient (Wildman–Crippen LogP) is 3.73. The Balaban J connectivity index is 1.66. The number of carbonyl (C=O) groups is 1. The fraction of sp³-hybridized carbons (Fsp3) is 0.0952. The van der Waals surface area contributed by atoms with Gasteiger partial charge in [-0.3, -0.25) is 9.52 Å². The second-order valence-electron chi connectivity index (χ2n) is 6.16. The van der Waals surface area contributed by atoms with Crippen LogP contribution in [0.1, 0.15) is 21.5 Å². The maximum Gasteiger partial charge on any atom is 0.261 e. The van der Waals surface area contributed by atoms with E-state index < -0.39 is 10.0 Å². The van der Waals surface area contributed by atoms with Gasteiger partial charge in [-0.1, -0.05) is 48.0 Å². The summed E-state index contributed by atoms with van der Waals surface area (Å²) in [7, 11) is -3.71.